The van der Waals surface area contributed by atoms with Gasteiger partial charge in [0.05, 0.1) is 6.10 Å². The Hall–Kier alpha value is -0.120. The first kappa shape index (κ1) is 14.3. The molecule has 2 rings (SSSR count). The minimum Gasteiger partial charge on any atom is -0.377 e. The number of ether oxygens (including phenoxy) is 1. The summed E-state index contributed by atoms with van der Waals surface area (Å²) < 4.78 is 5.79. The lowest BCUT2D eigenvalue weighted by Crippen LogP contribution is -2.46. The molecule has 18 heavy (non-hydrogen) atoms. The average molecular weight is 254 g/mol. The summed E-state index contributed by atoms with van der Waals surface area (Å²) in [6.07, 6.45) is 8.47. The van der Waals surface area contributed by atoms with Crippen LogP contribution in [0.1, 0.15) is 52.4 Å². The molecule has 1 aliphatic heterocycles. The number of hydrogen-bond acceptors (Lipinski definition) is 3. The third kappa shape index (κ3) is 3.94. The first-order valence-corrected chi connectivity index (χ1v) is 7.92. The monoisotopic (exact) mass is 254 g/mol. The zero-order chi connectivity index (χ0) is 12.8. The Morgan fingerprint density at radius 2 is 2.06 bits per heavy atom. The zero-order valence-corrected chi connectivity index (χ0v) is 12.2. The van der Waals surface area contributed by atoms with Crippen LogP contribution in [0.25, 0.3) is 0 Å². The molecule has 0 aromatic carbocycles. The van der Waals surface area contributed by atoms with Crippen molar-refractivity contribution in [1.82, 2.24) is 10.2 Å². The van der Waals surface area contributed by atoms with E-state index in [0.29, 0.717) is 6.10 Å². The molecule has 0 bridgehead atoms. The van der Waals surface area contributed by atoms with Gasteiger partial charge >= 0.3 is 0 Å². The van der Waals surface area contributed by atoms with Gasteiger partial charge in [0.1, 0.15) is 0 Å². The number of likely N-dealkylation sites (N-methyl/N-ethyl adjacent to an activating group) is 1. The van der Waals surface area contributed by atoms with Gasteiger partial charge in [0, 0.05) is 25.2 Å². The van der Waals surface area contributed by atoms with E-state index in [9.17, 15) is 0 Å². The Kier molecular flexibility index (Phi) is 5.93. The van der Waals surface area contributed by atoms with Gasteiger partial charge in [-0.1, -0.05) is 20.3 Å². The molecule has 3 nitrogen and oxygen atoms in total. The molecule has 0 spiro atoms. The summed E-state index contributed by atoms with van der Waals surface area (Å²) in [5.41, 5.74) is 0. The van der Waals surface area contributed by atoms with Crippen LogP contribution < -0.4 is 5.32 Å². The zero-order valence-electron chi connectivity index (χ0n) is 12.2. The average Bonchev–Trinajstić information content (AvgIpc) is 2.89. The van der Waals surface area contributed by atoms with Gasteiger partial charge in [-0.25, -0.2) is 0 Å². The molecule has 0 amide bonds. The van der Waals surface area contributed by atoms with E-state index in [1.54, 1.807) is 0 Å². The summed E-state index contributed by atoms with van der Waals surface area (Å²) in [5.74, 6) is 0. The number of nitrogens with zero attached hydrogens (tertiary/aromatic N) is 1. The molecule has 3 heteroatoms. The number of rotatable bonds is 6. The van der Waals surface area contributed by atoms with Crippen LogP contribution >= 0.6 is 0 Å². The highest BCUT2D eigenvalue weighted by Gasteiger charge is 2.28. The van der Waals surface area contributed by atoms with Crippen molar-refractivity contribution in [3.05, 3.63) is 0 Å². The molecular formula is C15H30N2O. The smallest absolute Gasteiger partial charge is 0.0702 e. The molecule has 2 fully saturated rings. The van der Waals surface area contributed by atoms with E-state index < -0.39 is 0 Å². The summed E-state index contributed by atoms with van der Waals surface area (Å²) in [4.78, 5) is 2.67. The van der Waals surface area contributed by atoms with Gasteiger partial charge in [-0.05, 0) is 45.2 Å². The predicted octanol–water partition coefficient (Wildman–Crippen LogP) is 2.41. The topological polar surface area (TPSA) is 24.5 Å². The standard InChI is InChI=1S/C15H30N2O/c1-3-16-13-7-5-8-14(11-13)17(4-2)12-15-9-6-10-18-15/h13-16H,3-12H2,1-2H3. The Morgan fingerprint density at radius 1 is 1.17 bits per heavy atom. The molecule has 3 unspecified atom stereocenters. The molecule has 106 valence electrons. The normalized spacial score (nSPS) is 33.2. The quantitative estimate of drug-likeness (QED) is 0.788. The summed E-state index contributed by atoms with van der Waals surface area (Å²) in [7, 11) is 0. The maximum atomic E-state index is 5.79. The fourth-order valence-corrected chi connectivity index (χ4v) is 3.56. The molecule has 1 aliphatic carbocycles. The molecule has 3 atom stereocenters. The predicted molar refractivity (Wildman–Crippen MR) is 75.9 cm³/mol. The van der Waals surface area contributed by atoms with E-state index >= 15 is 0 Å². The van der Waals surface area contributed by atoms with Gasteiger partial charge in [0.15, 0.2) is 0 Å². The van der Waals surface area contributed by atoms with E-state index in [1.807, 2.05) is 0 Å². The van der Waals surface area contributed by atoms with E-state index in [1.165, 1.54) is 45.1 Å². The van der Waals surface area contributed by atoms with E-state index in [0.717, 1.165) is 31.8 Å². The Balaban J connectivity index is 1.82. The van der Waals surface area contributed by atoms with Crippen LogP contribution in [0.2, 0.25) is 0 Å². The lowest BCUT2D eigenvalue weighted by atomic mass is 9.89. The SMILES string of the molecule is CCNC1CCCC(N(CC)CC2CCCO2)C1. The molecule has 0 radical (unpaired) electrons. The van der Waals surface area contributed by atoms with Crippen molar-refractivity contribution in [2.45, 2.75) is 70.6 Å². The summed E-state index contributed by atoms with van der Waals surface area (Å²) in [5, 5.41) is 3.63. The van der Waals surface area contributed by atoms with Crippen molar-refractivity contribution in [2.24, 2.45) is 0 Å². The van der Waals surface area contributed by atoms with Crippen molar-refractivity contribution in [3.8, 4) is 0 Å². The first-order chi connectivity index (χ1) is 8.83. The highest BCUT2D eigenvalue weighted by atomic mass is 16.5. The molecule has 1 N–H and O–H groups in total. The van der Waals surface area contributed by atoms with Gasteiger partial charge in [0.25, 0.3) is 0 Å². The maximum absolute atomic E-state index is 5.79. The molecular weight excluding hydrogens is 224 g/mol. The van der Waals surface area contributed by atoms with Crippen LogP contribution in [-0.4, -0.2) is 49.3 Å². The first-order valence-electron chi connectivity index (χ1n) is 7.92. The van der Waals surface area contributed by atoms with Crippen LogP contribution in [0.3, 0.4) is 0 Å². The van der Waals surface area contributed by atoms with Gasteiger partial charge < -0.3 is 10.1 Å². The van der Waals surface area contributed by atoms with Crippen molar-refractivity contribution in [2.75, 3.05) is 26.2 Å². The number of hydrogen-bond donors (Lipinski definition) is 1. The summed E-state index contributed by atoms with van der Waals surface area (Å²) in [6, 6.07) is 1.52. The van der Waals surface area contributed by atoms with E-state index in [2.05, 4.69) is 24.1 Å². The lowest BCUT2D eigenvalue weighted by molar-refractivity contribution is 0.0476. The van der Waals surface area contributed by atoms with Gasteiger partial charge in [-0.2, -0.15) is 0 Å². The van der Waals surface area contributed by atoms with Crippen LogP contribution in [0, 0.1) is 0 Å². The van der Waals surface area contributed by atoms with E-state index in [4.69, 9.17) is 4.74 Å². The van der Waals surface area contributed by atoms with Crippen molar-refractivity contribution in [1.29, 1.82) is 0 Å². The molecule has 0 aromatic rings. The second-order valence-electron chi connectivity index (χ2n) is 5.80. The highest BCUT2D eigenvalue weighted by Crippen LogP contribution is 2.24. The molecule has 1 saturated heterocycles. The maximum Gasteiger partial charge on any atom is 0.0702 e. The third-order valence-electron chi connectivity index (χ3n) is 4.52. The molecule has 1 saturated carbocycles. The van der Waals surface area contributed by atoms with Crippen LogP contribution in [0.4, 0.5) is 0 Å². The van der Waals surface area contributed by atoms with Crippen LogP contribution in [-0.2, 0) is 4.74 Å². The Bertz CT molecular complexity index is 227. The van der Waals surface area contributed by atoms with Gasteiger partial charge in [-0.3, -0.25) is 4.90 Å². The lowest BCUT2D eigenvalue weighted by Gasteiger charge is -2.38. The van der Waals surface area contributed by atoms with Gasteiger partial charge in [-0.15, -0.1) is 0 Å². The van der Waals surface area contributed by atoms with Gasteiger partial charge in [0.2, 0.25) is 0 Å². The molecule has 1 heterocycles. The fourth-order valence-electron chi connectivity index (χ4n) is 3.56. The van der Waals surface area contributed by atoms with Crippen molar-refractivity contribution < 1.29 is 4.74 Å². The van der Waals surface area contributed by atoms with Crippen LogP contribution in [0.5, 0.6) is 0 Å². The van der Waals surface area contributed by atoms with Crippen LogP contribution in [0.15, 0.2) is 0 Å². The summed E-state index contributed by atoms with van der Waals surface area (Å²) in [6.45, 7) is 8.92. The third-order valence-corrected chi connectivity index (χ3v) is 4.52. The summed E-state index contributed by atoms with van der Waals surface area (Å²) >= 11 is 0. The molecule has 2 aliphatic rings. The minimum absolute atomic E-state index is 0.504. The van der Waals surface area contributed by atoms with Crippen molar-refractivity contribution in [3.63, 3.8) is 0 Å². The van der Waals surface area contributed by atoms with Crippen molar-refractivity contribution >= 4 is 0 Å². The second-order valence-corrected chi connectivity index (χ2v) is 5.80. The Labute approximate surface area is 112 Å². The van der Waals surface area contributed by atoms with E-state index in [-0.39, 0.29) is 0 Å². The highest BCUT2D eigenvalue weighted by molar-refractivity contribution is 4.85. The minimum atomic E-state index is 0.504. The molecule has 0 aromatic heterocycles. The second kappa shape index (κ2) is 7.46. The Morgan fingerprint density at radius 3 is 2.72 bits per heavy atom. The largest absolute Gasteiger partial charge is 0.377 e. The fraction of sp³-hybridized carbons (Fsp3) is 1.00. The number of nitrogens with one attached hydrogen (secondary N) is 1.